The predicted molar refractivity (Wildman–Crippen MR) is 185 cm³/mol. The van der Waals surface area contributed by atoms with Gasteiger partial charge in [0.1, 0.15) is 18.8 Å². The van der Waals surface area contributed by atoms with Gasteiger partial charge in [-0.15, -0.1) is 0 Å². The predicted octanol–water partition coefficient (Wildman–Crippen LogP) is 8.04. The highest BCUT2D eigenvalue weighted by Gasteiger charge is 2.47. The lowest BCUT2D eigenvalue weighted by molar-refractivity contribution is 0.0575. The van der Waals surface area contributed by atoms with E-state index in [1.165, 1.54) is 0 Å². The van der Waals surface area contributed by atoms with Gasteiger partial charge in [0.05, 0.1) is 22.6 Å². The maximum Gasteiger partial charge on any atom is 0.414 e. The number of rotatable bonds is 7. The molecule has 0 bridgehead atoms. The Hall–Kier alpha value is -3.51. The number of para-hydroxylation sites is 1. The number of hydrogen-bond acceptors (Lipinski definition) is 8. The molecule has 1 aliphatic rings. The molecule has 1 N–H and O–H groups in total. The number of nitriles is 1. The lowest BCUT2D eigenvalue weighted by atomic mass is 9.83. The Balaban J connectivity index is 1.81. The zero-order chi connectivity index (χ0) is 33.6. The number of ether oxygens (including phenoxy) is 1. The van der Waals surface area contributed by atoms with Gasteiger partial charge in [0.15, 0.2) is 8.32 Å². The number of anilines is 3. The molecule has 0 fully saturated rings. The van der Waals surface area contributed by atoms with Crippen molar-refractivity contribution in [1.29, 1.82) is 5.26 Å². The van der Waals surface area contributed by atoms with Gasteiger partial charge in [-0.05, 0) is 88.1 Å². The van der Waals surface area contributed by atoms with E-state index in [2.05, 4.69) is 57.2 Å². The molecule has 1 amide bonds. The summed E-state index contributed by atoms with van der Waals surface area (Å²) in [4.78, 5) is 24.3. The zero-order valence-electron chi connectivity index (χ0n) is 28.4. The van der Waals surface area contributed by atoms with Crippen LogP contribution in [0.2, 0.25) is 18.1 Å². The largest absolute Gasteiger partial charge is 0.443 e. The lowest BCUT2D eigenvalue weighted by Gasteiger charge is -2.39. The standard InChI is InChI=1S/C34H46N5O4PSi/c1-32(2,3)43-31(40)39-21-34(7,22-42-45(10,11)33(4,5)6)25-19-23(18-24(20-35)29(25)39)26-16-17-36-30(37-26)38-27-14-12-13-15-28(27)44(8,9)41/h12-19H,21-22H2,1-11H3,(H,36,37,38)/t34-/m1/s1. The zero-order valence-corrected chi connectivity index (χ0v) is 30.3. The van der Waals surface area contributed by atoms with Crippen LogP contribution in [-0.2, 0) is 19.1 Å². The summed E-state index contributed by atoms with van der Waals surface area (Å²) < 4.78 is 25.4. The van der Waals surface area contributed by atoms with Gasteiger partial charge < -0.3 is 19.0 Å². The fraction of sp³-hybridized carbons (Fsp3) is 0.471. The topological polar surface area (TPSA) is 117 Å². The molecule has 0 saturated heterocycles. The highest BCUT2D eigenvalue weighted by atomic mass is 31.2. The molecule has 11 heteroatoms. The van der Waals surface area contributed by atoms with E-state index >= 15 is 0 Å². The van der Waals surface area contributed by atoms with Crippen LogP contribution < -0.4 is 15.5 Å². The van der Waals surface area contributed by atoms with Crippen LogP contribution in [0.1, 0.15) is 59.6 Å². The second kappa shape index (κ2) is 12.0. The number of nitrogens with one attached hydrogen (secondary N) is 1. The van der Waals surface area contributed by atoms with Crippen LogP contribution in [0.4, 0.5) is 22.1 Å². The fourth-order valence-corrected chi connectivity index (χ4v) is 7.30. The Labute approximate surface area is 268 Å². The Kier molecular flexibility index (Phi) is 9.17. The van der Waals surface area contributed by atoms with Crippen LogP contribution in [0.3, 0.4) is 0 Å². The molecular weight excluding hydrogens is 601 g/mol. The maximum atomic E-state index is 13.5. The molecule has 0 saturated carbocycles. The molecule has 1 atom stereocenters. The van der Waals surface area contributed by atoms with E-state index in [-0.39, 0.29) is 5.04 Å². The number of carbonyl (C=O) groups is 1. The first-order valence-corrected chi connectivity index (χ1v) is 20.6. The minimum Gasteiger partial charge on any atom is -0.443 e. The maximum absolute atomic E-state index is 13.5. The number of aromatic nitrogens is 2. The third-order valence-corrected chi connectivity index (χ3v) is 14.5. The third-order valence-electron chi connectivity index (χ3n) is 8.51. The van der Waals surface area contributed by atoms with E-state index in [1.54, 1.807) is 36.6 Å². The number of nitrogens with zero attached hydrogens (tertiary/aromatic N) is 4. The lowest BCUT2D eigenvalue weighted by Crippen LogP contribution is -2.46. The monoisotopic (exact) mass is 647 g/mol. The second-order valence-electron chi connectivity index (χ2n) is 15.0. The second-order valence-corrected chi connectivity index (χ2v) is 23.0. The molecular formula is C34H46N5O4PSi. The van der Waals surface area contributed by atoms with Crippen molar-refractivity contribution in [3.05, 3.63) is 59.8 Å². The normalized spacial score (nSPS) is 17.1. The molecule has 0 aliphatic carbocycles. The summed E-state index contributed by atoms with van der Waals surface area (Å²) in [5.41, 5.74) is 2.40. The molecule has 4 rings (SSSR count). The van der Waals surface area contributed by atoms with Crippen molar-refractivity contribution >= 4 is 44.2 Å². The summed E-state index contributed by atoms with van der Waals surface area (Å²) >= 11 is 0. The summed E-state index contributed by atoms with van der Waals surface area (Å²) in [7, 11) is -4.70. The van der Waals surface area contributed by atoms with Crippen LogP contribution in [0.15, 0.2) is 48.7 Å². The summed E-state index contributed by atoms with van der Waals surface area (Å²) in [5.74, 6) is 0.340. The Morgan fingerprint density at radius 2 is 1.80 bits per heavy atom. The van der Waals surface area contributed by atoms with Gasteiger partial charge in [-0.2, -0.15) is 5.26 Å². The molecule has 0 unspecified atom stereocenters. The number of hydrogen-bond donors (Lipinski definition) is 1. The minimum atomic E-state index is -2.56. The molecule has 0 spiro atoms. The van der Waals surface area contributed by atoms with Crippen LogP contribution in [0.5, 0.6) is 0 Å². The molecule has 2 aromatic carbocycles. The SMILES string of the molecule is CC(C)(C)OC(=O)N1C[C@](C)(CO[Si](C)(C)C(C)(C)C)c2cc(-c3ccnc(Nc4ccccc4P(C)(C)=O)n3)cc(C#N)c21. The first-order chi connectivity index (χ1) is 20.6. The van der Waals surface area contributed by atoms with E-state index in [0.717, 1.165) is 5.56 Å². The van der Waals surface area contributed by atoms with Crippen molar-refractivity contribution in [3.8, 4) is 17.3 Å². The smallest absolute Gasteiger partial charge is 0.414 e. The molecule has 2 heterocycles. The van der Waals surface area contributed by atoms with Crippen molar-refractivity contribution < 1.29 is 18.5 Å². The van der Waals surface area contributed by atoms with Gasteiger partial charge in [0, 0.05) is 35.6 Å². The molecule has 3 aromatic rings. The molecule has 1 aliphatic heterocycles. The van der Waals surface area contributed by atoms with Gasteiger partial charge in [-0.3, -0.25) is 4.90 Å². The number of benzene rings is 2. The molecule has 240 valence electrons. The van der Waals surface area contributed by atoms with E-state index in [1.807, 2.05) is 51.1 Å². The molecule has 0 radical (unpaired) electrons. The van der Waals surface area contributed by atoms with Gasteiger partial charge in [0.2, 0.25) is 5.95 Å². The summed E-state index contributed by atoms with van der Waals surface area (Å²) in [6.07, 6.45) is 1.15. The molecule has 1 aromatic heterocycles. The van der Waals surface area contributed by atoms with Crippen molar-refractivity contribution in [1.82, 2.24) is 9.97 Å². The Morgan fingerprint density at radius 1 is 1.13 bits per heavy atom. The third kappa shape index (κ3) is 7.49. The number of amides is 1. The first-order valence-electron chi connectivity index (χ1n) is 15.1. The van der Waals surface area contributed by atoms with Gasteiger partial charge in [0.25, 0.3) is 0 Å². The minimum absolute atomic E-state index is 0.00157. The Morgan fingerprint density at radius 3 is 2.40 bits per heavy atom. The van der Waals surface area contributed by atoms with Crippen LogP contribution >= 0.6 is 7.14 Å². The number of fused-ring (bicyclic) bond motifs is 1. The summed E-state index contributed by atoms with van der Waals surface area (Å²) in [5, 5.41) is 14.3. The van der Waals surface area contributed by atoms with Gasteiger partial charge in [-0.1, -0.05) is 39.8 Å². The van der Waals surface area contributed by atoms with Crippen LogP contribution in [0.25, 0.3) is 11.3 Å². The van der Waals surface area contributed by atoms with E-state index in [9.17, 15) is 14.6 Å². The van der Waals surface area contributed by atoms with E-state index in [0.29, 0.717) is 52.6 Å². The Bertz CT molecular complexity index is 1700. The van der Waals surface area contributed by atoms with Crippen LogP contribution in [0, 0.1) is 11.3 Å². The van der Waals surface area contributed by atoms with Crippen molar-refractivity contribution in [2.45, 2.75) is 77.6 Å². The molecule has 9 nitrogen and oxygen atoms in total. The van der Waals surface area contributed by atoms with Crippen molar-refractivity contribution in [2.75, 3.05) is 36.7 Å². The van der Waals surface area contributed by atoms with Crippen LogP contribution in [-0.4, -0.2) is 56.5 Å². The highest BCUT2D eigenvalue weighted by molar-refractivity contribution is 7.70. The van der Waals surface area contributed by atoms with E-state index in [4.69, 9.17) is 14.1 Å². The van der Waals surface area contributed by atoms with Crippen molar-refractivity contribution in [2.24, 2.45) is 0 Å². The van der Waals surface area contributed by atoms with E-state index < -0.39 is 32.6 Å². The molecule has 45 heavy (non-hydrogen) atoms. The highest BCUT2D eigenvalue weighted by Crippen LogP contribution is 2.47. The quantitative estimate of drug-likeness (QED) is 0.202. The first kappa shape index (κ1) is 34.4. The summed E-state index contributed by atoms with van der Waals surface area (Å²) in [6, 6.07) is 15.3. The summed E-state index contributed by atoms with van der Waals surface area (Å²) in [6.45, 7) is 22.7. The average Bonchev–Trinajstić information content (AvgIpc) is 3.23. The van der Waals surface area contributed by atoms with Crippen molar-refractivity contribution in [3.63, 3.8) is 0 Å². The van der Waals surface area contributed by atoms with Gasteiger partial charge in [-0.25, -0.2) is 14.8 Å². The average molecular weight is 648 g/mol. The fourth-order valence-electron chi connectivity index (χ4n) is 5.03. The number of carbonyl (C=O) groups excluding carboxylic acids is 1. The van der Waals surface area contributed by atoms with Gasteiger partial charge >= 0.3 is 6.09 Å².